The van der Waals surface area contributed by atoms with Gasteiger partial charge < -0.3 is 66.0 Å². The van der Waals surface area contributed by atoms with E-state index >= 15 is 0 Å². The number of furan rings is 1. The van der Waals surface area contributed by atoms with E-state index in [1.54, 1.807) is 0 Å². The van der Waals surface area contributed by atoms with Crippen LogP contribution in [0, 0.1) is 5.82 Å². The SMILES string of the molecule is CC(=O)OCOC(=O)CN(CC(=O)OCOC(C)=O)c1cc2oc(-c3ncc(C(=O)OCOC(C)=O)o3)cc2cc1OCCOc1ccc(F)cc1N(COC(C)=O)COC(C)=O. The molecule has 0 atom stereocenters. The zero-order valence-electron chi connectivity index (χ0n) is 34.3. The maximum absolute atomic E-state index is 14.5. The number of rotatable bonds is 23. The predicted octanol–water partition coefficient (Wildman–Crippen LogP) is 3.14. The summed E-state index contributed by atoms with van der Waals surface area (Å²) in [6.45, 7) is 0.668. The molecule has 23 nitrogen and oxygen atoms in total. The van der Waals surface area contributed by atoms with Crippen LogP contribution < -0.4 is 19.3 Å². The molecule has 2 heterocycles. The van der Waals surface area contributed by atoms with Crippen molar-refractivity contribution in [2.24, 2.45) is 0 Å². The Hall–Kier alpha value is -7.92. The Kier molecular flexibility index (Phi) is 17.6. The normalized spacial score (nSPS) is 10.5. The lowest BCUT2D eigenvalue weighted by Crippen LogP contribution is -2.37. The molecule has 0 saturated carbocycles. The van der Waals surface area contributed by atoms with Crippen molar-refractivity contribution in [3.8, 4) is 23.1 Å². The fourth-order valence-corrected chi connectivity index (χ4v) is 4.91. The van der Waals surface area contributed by atoms with Crippen LogP contribution in [0.15, 0.2) is 51.4 Å². The van der Waals surface area contributed by atoms with E-state index in [1.165, 1.54) is 29.2 Å². The molecule has 0 N–H and O–H groups in total. The maximum Gasteiger partial charge on any atom is 0.378 e. The third-order valence-electron chi connectivity index (χ3n) is 7.62. The number of esters is 8. The summed E-state index contributed by atoms with van der Waals surface area (Å²) < 4.78 is 76.8. The van der Waals surface area contributed by atoms with Crippen LogP contribution in [0.2, 0.25) is 0 Å². The Morgan fingerprint density at radius 2 is 1.11 bits per heavy atom. The third kappa shape index (κ3) is 15.6. The smallest absolute Gasteiger partial charge is 0.378 e. The molecule has 0 aliphatic carbocycles. The van der Waals surface area contributed by atoms with Gasteiger partial charge in [0.1, 0.15) is 49.2 Å². The van der Waals surface area contributed by atoms with Crippen LogP contribution in [0.1, 0.15) is 45.2 Å². The standard InChI is InChI=1S/C39H40FN3O20/c1-22(44)54-17-43(18-55-23(2)45)29-12-28(40)6-7-31(29)52-8-9-53-33-10-27-11-34(38-41-14-35(63-38)39(51)61-21-58-26(5)48)62-32(27)13-30(33)42(15-36(49)59-19-56-24(3)46)16-37(50)60-20-57-25(4)47/h6-7,10-14H,8-9,15-21H2,1-5H3. The van der Waals surface area contributed by atoms with Crippen molar-refractivity contribution in [1.29, 1.82) is 0 Å². The topological polar surface area (TPSA) is 275 Å². The van der Waals surface area contributed by atoms with Gasteiger partial charge in [0.15, 0.2) is 19.2 Å². The second-order valence-corrected chi connectivity index (χ2v) is 12.5. The molecule has 0 spiro atoms. The molecule has 0 bridgehead atoms. The highest BCUT2D eigenvalue weighted by molar-refractivity contribution is 5.91. The van der Waals surface area contributed by atoms with Crippen LogP contribution in [-0.2, 0) is 71.5 Å². The van der Waals surface area contributed by atoms with Crippen molar-refractivity contribution in [2.45, 2.75) is 34.6 Å². The summed E-state index contributed by atoms with van der Waals surface area (Å²) in [5, 5.41) is 0.337. The van der Waals surface area contributed by atoms with Gasteiger partial charge in [-0.05, 0) is 24.3 Å². The van der Waals surface area contributed by atoms with E-state index in [0.717, 1.165) is 57.8 Å². The number of hydrogen-bond acceptors (Lipinski definition) is 23. The summed E-state index contributed by atoms with van der Waals surface area (Å²) in [7, 11) is 0. The first-order chi connectivity index (χ1) is 30.0. The van der Waals surface area contributed by atoms with E-state index in [0.29, 0.717) is 5.39 Å². The fraction of sp³-hybridized carbons (Fsp3) is 0.359. The Morgan fingerprint density at radius 1 is 0.587 bits per heavy atom. The zero-order chi connectivity index (χ0) is 46.1. The first kappa shape index (κ1) is 47.8. The van der Waals surface area contributed by atoms with Crippen molar-refractivity contribution in [2.75, 3.05) is 69.9 Å². The van der Waals surface area contributed by atoms with Crippen molar-refractivity contribution < 1.29 is 98.9 Å². The third-order valence-corrected chi connectivity index (χ3v) is 7.62. The number of nitrogens with zero attached hydrogens (tertiary/aromatic N) is 3. The summed E-state index contributed by atoms with van der Waals surface area (Å²) in [5.74, 6) is -7.67. The molecule has 0 fully saturated rings. The molecule has 63 heavy (non-hydrogen) atoms. The van der Waals surface area contributed by atoms with Gasteiger partial charge in [-0.2, -0.15) is 0 Å². The van der Waals surface area contributed by atoms with Gasteiger partial charge in [-0.25, -0.2) is 14.2 Å². The Bertz CT molecular complexity index is 2250. The van der Waals surface area contributed by atoms with E-state index < -0.39 is 101 Å². The van der Waals surface area contributed by atoms with E-state index in [9.17, 15) is 42.7 Å². The largest absolute Gasteiger partial charge is 0.488 e. The van der Waals surface area contributed by atoms with E-state index in [4.69, 9.17) is 42.0 Å². The molecule has 0 unspecified atom stereocenters. The minimum absolute atomic E-state index is 0.00756. The molecule has 24 heteroatoms. The minimum Gasteiger partial charge on any atom is -0.488 e. The highest BCUT2D eigenvalue weighted by Gasteiger charge is 2.25. The van der Waals surface area contributed by atoms with Crippen LogP contribution in [0.4, 0.5) is 15.8 Å². The monoisotopic (exact) mass is 889 g/mol. The first-order valence-electron chi connectivity index (χ1n) is 18.2. The molecular formula is C39H40FN3O20. The van der Waals surface area contributed by atoms with E-state index in [1.807, 2.05) is 0 Å². The van der Waals surface area contributed by atoms with Crippen LogP contribution in [0.25, 0.3) is 22.6 Å². The maximum atomic E-state index is 14.5. The number of ether oxygens (including phenoxy) is 10. The summed E-state index contributed by atoms with van der Waals surface area (Å²) in [4.78, 5) is 101. The summed E-state index contributed by atoms with van der Waals surface area (Å²) in [6, 6.07) is 7.71. The number of benzene rings is 2. The molecule has 2 aromatic carbocycles. The Balaban J connectivity index is 1.68. The Labute approximate surface area is 355 Å². The molecule has 4 aromatic rings. The van der Waals surface area contributed by atoms with Crippen LogP contribution in [0.3, 0.4) is 0 Å². The fourth-order valence-electron chi connectivity index (χ4n) is 4.91. The number of carbonyl (C=O) groups excluding carboxylic acids is 8. The number of anilines is 2. The molecule has 0 aliphatic heterocycles. The number of aromatic nitrogens is 1. The highest BCUT2D eigenvalue weighted by Crippen LogP contribution is 2.38. The van der Waals surface area contributed by atoms with Gasteiger partial charge in [0, 0.05) is 52.1 Å². The second-order valence-electron chi connectivity index (χ2n) is 12.5. The average Bonchev–Trinajstić information content (AvgIpc) is 3.87. The average molecular weight is 890 g/mol. The van der Waals surface area contributed by atoms with Gasteiger partial charge in [0.25, 0.3) is 5.89 Å². The Morgan fingerprint density at radius 3 is 1.67 bits per heavy atom. The summed E-state index contributed by atoms with van der Waals surface area (Å²) in [5.41, 5.74) is 0.156. The molecular weight excluding hydrogens is 849 g/mol. The molecule has 0 saturated heterocycles. The van der Waals surface area contributed by atoms with Gasteiger partial charge in [0.05, 0.1) is 17.6 Å². The lowest BCUT2D eigenvalue weighted by Gasteiger charge is -2.26. The van der Waals surface area contributed by atoms with Crippen molar-refractivity contribution in [1.82, 2.24) is 4.98 Å². The molecule has 0 amide bonds. The van der Waals surface area contributed by atoms with Gasteiger partial charge in [-0.15, -0.1) is 0 Å². The van der Waals surface area contributed by atoms with Gasteiger partial charge >= 0.3 is 47.8 Å². The number of fused-ring (bicyclic) bond motifs is 1. The highest BCUT2D eigenvalue weighted by atomic mass is 19.1. The quantitative estimate of drug-likeness (QED) is 0.0448. The lowest BCUT2D eigenvalue weighted by atomic mass is 10.2. The van der Waals surface area contributed by atoms with Crippen molar-refractivity contribution in [3.63, 3.8) is 0 Å². The molecule has 2 aromatic heterocycles. The number of halogens is 1. The lowest BCUT2D eigenvalue weighted by molar-refractivity contribution is -0.165. The summed E-state index contributed by atoms with van der Waals surface area (Å²) >= 11 is 0. The second kappa shape index (κ2) is 23.2. The van der Waals surface area contributed by atoms with Gasteiger partial charge in [-0.1, -0.05) is 0 Å². The molecule has 338 valence electrons. The number of oxazole rings is 1. The molecule has 0 aliphatic rings. The van der Waals surface area contributed by atoms with Crippen LogP contribution >= 0.6 is 0 Å². The number of hydrogen-bond donors (Lipinski definition) is 0. The van der Waals surface area contributed by atoms with Crippen molar-refractivity contribution >= 4 is 70.1 Å². The molecule has 0 radical (unpaired) electrons. The zero-order valence-corrected chi connectivity index (χ0v) is 34.3. The van der Waals surface area contributed by atoms with E-state index in [-0.39, 0.29) is 59.1 Å². The van der Waals surface area contributed by atoms with Gasteiger partial charge in [0.2, 0.25) is 26.1 Å². The predicted molar refractivity (Wildman–Crippen MR) is 205 cm³/mol. The van der Waals surface area contributed by atoms with Gasteiger partial charge in [-0.3, -0.25) is 33.6 Å². The van der Waals surface area contributed by atoms with Crippen molar-refractivity contribution in [3.05, 3.63) is 54.2 Å². The minimum atomic E-state index is -1.00. The summed E-state index contributed by atoms with van der Waals surface area (Å²) in [6.07, 6.45) is 1.04. The first-order valence-corrected chi connectivity index (χ1v) is 18.2. The van der Waals surface area contributed by atoms with E-state index in [2.05, 4.69) is 19.2 Å². The van der Waals surface area contributed by atoms with Crippen LogP contribution in [-0.4, -0.2) is 113 Å². The number of carbonyl (C=O) groups is 8. The van der Waals surface area contributed by atoms with Crippen LogP contribution in [0.5, 0.6) is 11.5 Å². The molecule has 4 rings (SSSR count).